The molecule has 0 fully saturated rings. The van der Waals surface area contributed by atoms with E-state index in [1.165, 1.54) is 25.4 Å². The Kier molecular flexibility index (Phi) is 5.36. The Morgan fingerprint density at radius 2 is 2.07 bits per heavy atom. The monoisotopic (exact) mass is 394 g/mol. The molecule has 0 unspecified atom stereocenters. The molecule has 140 valence electrons. The summed E-state index contributed by atoms with van der Waals surface area (Å²) in [6, 6.07) is 5.84. The molecule has 0 radical (unpaired) electrons. The Morgan fingerprint density at radius 3 is 2.74 bits per heavy atom. The molecule has 0 saturated heterocycles. The molecule has 1 aromatic carbocycles. The fourth-order valence-corrected chi connectivity index (χ4v) is 3.02. The van der Waals surface area contributed by atoms with Gasteiger partial charge in [-0.25, -0.2) is 13.2 Å². The number of benzene rings is 1. The number of ether oxygens (including phenoxy) is 1. The molecule has 6 nitrogen and oxygen atoms in total. The molecule has 2 aromatic heterocycles. The van der Waals surface area contributed by atoms with Gasteiger partial charge in [0.2, 0.25) is 5.13 Å². The lowest BCUT2D eigenvalue weighted by atomic mass is 9.98. The van der Waals surface area contributed by atoms with Crippen molar-refractivity contribution in [2.45, 2.75) is 13.3 Å². The van der Waals surface area contributed by atoms with Gasteiger partial charge in [-0.1, -0.05) is 17.4 Å². The van der Waals surface area contributed by atoms with Crippen molar-refractivity contribution in [3.05, 3.63) is 52.5 Å². The summed E-state index contributed by atoms with van der Waals surface area (Å²) in [5.41, 5.74) is 0.954. The van der Waals surface area contributed by atoms with Gasteiger partial charge in [0.05, 0.1) is 18.2 Å². The van der Waals surface area contributed by atoms with Gasteiger partial charge in [0, 0.05) is 17.5 Å². The van der Waals surface area contributed by atoms with Gasteiger partial charge in [-0.3, -0.25) is 15.1 Å². The molecule has 0 aliphatic heterocycles. The van der Waals surface area contributed by atoms with Crippen molar-refractivity contribution >= 4 is 22.4 Å². The number of carbonyl (C=O) groups is 1. The number of amides is 1. The molecule has 0 aliphatic rings. The van der Waals surface area contributed by atoms with E-state index in [2.05, 4.69) is 20.5 Å². The first-order valence-corrected chi connectivity index (χ1v) is 8.44. The maximum atomic E-state index is 14.5. The van der Waals surface area contributed by atoms with E-state index in [4.69, 9.17) is 4.74 Å². The third-order valence-corrected chi connectivity index (χ3v) is 4.44. The number of methoxy groups -OCH3 is 1. The second-order valence-electron chi connectivity index (χ2n) is 5.39. The van der Waals surface area contributed by atoms with Crippen LogP contribution in [0.15, 0.2) is 30.5 Å². The second-order valence-corrected chi connectivity index (χ2v) is 6.40. The summed E-state index contributed by atoms with van der Waals surface area (Å²) >= 11 is 0.556. The summed E-state index contributed by atoms with van der Waals surface area (Å²) in [5, 5.41) is 8.60. The number of hydrogen-bond donors (Lipinski definition) is 1. The maximum Gasteiger partial charge on any atom is 0.291 e. The van der Waals surface area contributed by atoms with Crippen LogP contribution in [0, 0.1) is 12.7 Å². The minimum absolute atomic E-state index is 0.0396. The molecule has 10 heteroatoms. The number of nitrogens with one attached hydrogen (secondary N) is 1. The lowest BCUT2D eigenvalue weighted by Gasteiger charge is -2.14. The van der Waals surface area contributed by atoms with Crippen molar-refractivity contribution in [1.82, 2.24) is 15.2 Å². The third kappa shape index (κ3) is 3.90. The minimum atomic E-state index is -2.78. The van der Waals surface area contributed by atoms with Crippen LogP contribution in [0.5, 0.6) is 5.75 Å². The zero-order chi connectivity index (χ0) is 19.6. The average molecular weight is 394 g/mol. The van der Waals surface area contributed by atoms with E-state index in [-0.39, 0.29) is 27.6 Å². The van der Waals surface area contributed by atoms with Crippen molar-refractivity contribution < 1.29 is 22.7 Å². The van der Waals surface area contributed by atoms with Gasteiger partial charge in [0.1, 0.15) is 11.6 Å². The first-order valence-electron chi connectivity index (χ1n) is 7.63. The van der Waals surface area contributed by atoms with Crippen LogP contribution in [0.2, 0.25) is 0 Å². The first kappa shape index (κ1) is 18.8. The molecule has 0 bridgehead atoms. The Morgan fingerprint density at radius 1 is 1.30 bits per heavy atom. The maximum absolute atomic E-state index is 14.5. The quantitative estimate of drug-likeness (QED) is 0.700. The molecule has 0 spiro atoms. The highest BCUT2D eigenvalue weighted by Crippen LogP contribution is 2.35. The van der Waals surface area contributed by atoms with Gasteiger partial charge < -0.3 is 4.74 Å². The highest BCUT2D eigenvalue weighted by Gasteiger charge is 2.22. The molecule has 1 N–H and O–H groups in total. The molecule has 2 heterocycles. The van der Waals surface area contributed by atoms with E-state index < -0.39 is 23.2 Å². The number of hydrogen-bond acceptors (Lipinski definition) is 6. The van der Waals surface area contributed by atoms with Crippen LogP contribution >= 0.6 is 11.3 Å². The van der Waals surface area contributed by atoms with Crippen LogP contribution in [0.4, 0.5) is 18.3 Å². The molecule has 1 amide bonds. The molecular weight excluding hydrogens is 381 g/mol. The van der Waals surface area contributed by atoms with Gasteiger partial charge in [0.15, 0.2) is 5.01 Å². The van der Waals surface area contributed by atoms with Crippen molar-refractivity contribution in [2.75, 3.05) is 12.4 Å². The van der Waals surface area contributed by atoms with Crippen molar-refractivity contribution in [3.8, 4) is 16.9 Å². The second kappa shape index (κ2) is 7.70. The third-order valence-electron chi connectivity index (χ3n) is 3.60. The number of aryl methyl sites for hydroxylation is 1. The highest BCUT2D eigenvalue weighted by molar-refractivity contribution is 7.15. The average Bonchev–Trinajstić information content (AvgIpc) is 3.10. The van der Waals surface area contributed by atoms with E-state index in [1.54, 1.807) is 19.1 Å². The normalized spacial score (nSPS) is 10.9. The molecule has 27 heavy (non-hydrogen) atoms. The summed E-state index contributed by atoms with van der Waals surface area (Å²) in [6.45, 7) is 1.69. The number of alkyl halides is 2. The van der Waals surface area contributed by atoms with E-state index >= 15 is 0 Å². The Bertz CT molecular complexity index is 994. The Labute approximate surface area is 156 Å². The zero-order valence-electron chi connectivity index (χ0n) is 14.2. The van der Waals surface area contributed by atoms with Crippen molar-refractivity contribution in [2.24, 2.45) is 0 Å². The smallest absolute Gasteiger partial charge is 0.291 e. The van der Waals surface area contributed by atoms with E-state index in [0.717, 1.165) is 0 Å². The summed E-state index contributed by atoms with van der Waals surface area (Å²) in [4.78, 5) is 16.7. The summed E-state index contributed by atoms with van der Waals surface area (Å²) < 4.78 is 44.9. The van der Waals surface area contributed by atoms with Gasteiger partial charge >= 0.3 is 0 Å². The predicted octanol–water partition coefficient (Wildman–Crippen LogP) is 4.25. The van der Waals surface area contributed by atoms with E-state index in [1.807, 2.05) is 0 Å². The number of pyridine rings is 1. The van der Waals surface area contributed by atoms with Crippen LogP contribution in [0.25, 0.3) is 11.1 Å². The highest BCUT2D eigenvalue weighted by atomic mass is 32.1. The zero-order valence-corrected chi connectivity index (χ0v) is 15.0. The fourth-order valence-electron chi connectivity index (χ4n) is 2.42. The summed E-state index contributed by atoms with van der Waals surface area (Å²) in [5.74, 6) is -1.02. The van der Waals surface area contributed by atoms with E-state index in [9.17, 15) is 18.0 Å². The van der Waals surface area contributed by atoms with Crippen molar-refractivity contribution in [3.63, 3.8) is 0 Å². The van der Waals surface area contributed by atoms with Gasteiger partial charge in [-0.2, -0.15) is 0 Å². The van der Waals surface area contributed by atoms with Gasteiger partial charge in [-0.15, -0.1) is 10.2 Å². The van der Waals surface area contributed by atoms with Gasteiger partial charge in [-0.05, 0) is 25.1 Å². The number of anilines is 1. The number of halogens is 3. The number of aromatic nitrogens is 3. The predicted molar refractivity (Wildman–Crippen MR) is 93.7 cm³/mol. The topological polar surface area (TPSA) is 77.0 Å². The van der Waals surface area contributed by atoms with Gasteiger partial charge in [0.25, 0.3) is 12.3 Å². The first-order chi connectivity index (χ1) is 12.9. The standard InChI is InChI=1S/C17H13F3N4O2S/c1-8-6-9(13-11(18)4-3-5-12(13)26-2)10(7-21-8)15(25)22-17-24-23-16(27-17)14(19)20/h3-7,14H,1-2H3,(H,22,24,25). The van der Waals surface area contributed by atoms with Crippen LogP contribution in [-0.4, -0.2) is 28.2 Å². The Balaban J connectivity index is 2.03. The van der Waals surface area contributed by atoms with E-state index in [0.29, 0.717) is 17.0 Å². The molecule has 3 aromatic rings. The molecule has 0 atom stereocenters. The number of rotatable bonds is 5. The molecule has 3 rings (SSSR count). The number of nitrogens with zero attached hydrogens (tertiary/aromatic N) is 3. The van der Waals surface area contributed by atoms with Crippen LogP contribution in [-0.2, 0) is 0 Å². The Hall–Kier alpha value is -3.01. The van der Waals surface area contributed by atoms with Crippen LogP contribution in [0.1, 0.15) is 27.5 Å². The van der Waals surface area contributed by atoms with Crippen molar-refractivity contribution in [1.29, 1.82) is 0 Å². The van der Waals surface area contributed by atoms with Crippen LogP contribution in [0.3, 0.4) is 0 Å². The fraction of sp³-hybridized carbons (Fsp3) is 0.176. The van der Waals surface area contributed by atoms with Crippen LogP contribution < -0.4 is 10.1 Å². The molecule has 0 saturated carbocycles. The lowest BCUT2D eigenvalue weighted by Crippen LogP contribution is -2.14. The SMILES string of the molecule is COc1cccc(F)c1-c1cc(C)ncc1C(=O)Nc1nnc(C(F)F)s1. The molecular formula is C17H13F3N4O2S. The number of carbonyl (C=O) groups excluding carboxylic acids is 1. The summed E-state index contributed by atoms with van der Waals surface area (Å²) in [6.07, 6.45) is -1.51. The minimum Gasteiger partial charge on any atom is -0.496 e. The largest absolute Gasteiger partial charge is 0.496 e. The molecule has 0 aliphatic carbocycles. The summed E-state index contributed by atoms with van der Waals surface area (Å²) in [7, 11) is 1.39. The lowest BCUT2D eigenvalue weighted by molar-refractivity contribution is 0.102.